The van der Waals surface area contributed by atoms with Crippen molar-refractivity contribution in [2.45, 2.75) is 58.5 Å². The summed E-state index contributed by atoms with van der Waals surface area (Å²) in [4.78, 5) is 24.5. The summed E-state index contributed by atoms with van der Waals surface area (Å²) >= 11 is 0. The topological polar surface area (TPSA) is 72.8 Å². The molecule has 24 heavy (non-hydrogen) atoms. The molecule has 3 atom stereocenters. The fourth-order valence-corrected chi connectivity index (χ4v) is 3.16. The number of nitrogens with zero attached hydrogens (tertiary/aromatic N) is 1. The second kappa shape index (κ2) is 6.91. The third-order valence-corrected chi connectivity index (χ3v) is 4.24. The first-order valence-electron chi connectivity index (χ1n) is 8.15. The van der Waals surface area contributed by atoms with Gasteiger partial charge in [-0.3, -0.25) is 0 Å². The van der Waals surface area contributed by atoms with E-state index >= 15 is 0 Å². The number of ether oxygens (including phenoxy) is 2. The van der Waals surface area contributed by atoms with Crippen LogP contribution in [0.2, 0.25) is 0 Å². The lowest BCUT2D eigenvalue weighted by molar-refractivity contribution is -0.797. The second-order valence-corrected chi connectivity index (χ2v) is 7.31. The predicted molar refractivity (Wildman–Crippen MR) is 88.5 cm³/mol. The van der Waals surface area contributed by atoms with Gasteiger partial charge in [0, 0.05) is 6.42 Å². The van der Waals surface area contributed by atoms with E-state index in [1.165, 1.54) is 0 Å². The van der Waals surface area contributed by atoms with Crippen molar-refractivity contribution in [2.75, 3.05) is 6.54 Å². The SMILES string of the molecule is C[C@@H]1C[C@@H](OC(C)(C)C)C[N@+]1(C(=O)O)C(=O)OCc1ccccc1. The van der Waals surface area contributed by atoms with E-state index in [2.05, 4.69) is 0 Å². The van der Waals surface area contributed by atoms with Crippen molar-refractivity contribution in [2.24, 2.45) is 0 Å². The van der Waals surface area contributed by atoms with Gasteiger partial charge in [0.05, 0.1) is 5.60 Å². The van der Waals surface area contributed by atoms with Gasteiger partial charge < -0.3 is 14.6 Å². The molecule has 1 aromatic rings. The molecule has 132 valence electrons. The number of amides is 2. The maximum atomic E-state index is 12.6. The molecule has 1 N–H and O–H groups in total. The Kier molecular flexibility index (Phi) is 5.30. The van der Waals surface area contributed by atoms with E-state index < -0.39 is 28.3 Å². The Morgan fingerprint density at radius 1 is 1.25 bits per heavy atom. The van der Waals surface area contributed by atoms with Crippen LogP contribution in [0, 0.1) is 0 Å². The van der Waals surface area contributed by atoms with Crippen molar-refractivity contribution in [1.29, 1.82) is 0 Å². The van der Waals surface area contributed by atoms with Crippen LogP contribution in [0.4, 0.5) is 9.59 Å². The van der Waals surface area contributed by atoms with E-state index in [0.29, 0.717) is 6.42 Å². The van der Waals surface area contributed by atoms with Gasteiger partial charge in [0.2, 0.25) is 0 Å². The largest absolute Gasteiger partial charge is 0.527 e. The number of hydrogen-bond acceptors (Lipinski definition) is 4. The summed E-state index contributed by atoms with van der Waals surface area (Å²) in [6.45, 7) is 7.65. The van der Waals surface area contributed by atoms with E-state index in [4.69, 9.17) is 9.47 Å². The average molecular weight is 336 g/mol. The lowest BCUT2D eigenvalue weighted by Gasteiger charge is -2.28. The summed E-state index contributed by atoms with van der Waals surface area (Å²) in [5.41, 5.74) is 0.431. The molecule has 1 aromatic carbocycles. The van der Waals surface area contributed by atoms with Gasteiger partial charge in [0.25, 0.3) is 0 Å². The first-order valence-corrected chi connectivity index (χ1v) is 8.15. The van der Waals surface area contributed by atoms with Crippen molar-refractivity contribution in [1.82, 2.24) is 0 Å². The molecular weight excluding hydrogens is 310 g/mol. The van der Waals surface area contributed by atoms with Crippen molar-refractivity contribution >= 4 is 12.2 Å². The quantitative estimate of drug-likeness (QED) is 0.850. The zero-order valence-electron chi connectivity index (χ0n) is 14.7. The van der Waals surface area contributed by atoms with Gasteiger partial charge in [-0.05, 0) is 33.3 Å². The third-order valence-electron chi connectivity index (χ3n) is 4.24. The minimum absolute atomic E-state index is 0.0600. The van der Waals surface area contributed by atoms with E-state index in [-0.39, 0.29) is 19.3 Å². The van der Waals surface area contributed by atoms with Crippen LogP contribution < -0.4 is 0 Å². The zero-order chi connectivity index (χ0) is 18.0. The van der Waals surface area contributed by atoms with Gasteiger partial charge in [0.1, 0.15) is 25.3 Å². The molecule has 2 rings (SSSR count). The monoisotopic (exact) mass is 336 g/mol. The van der Waals surface area contributed by atoms with Crippen LogP contribution in [-0.2, 0) is 16.1 Å². The normalized spacial score (nSPS) is 27.0. The van der Waals surface area contributed by atoms with Crippen LogP contribution in [-0.4, -0.2) is 46.1 Å². The van der Waals surface area contributed by atoms with Crippen LogP contribution in [0.3, 0.4) is 0 Å². The Bertz CT molecular complexity index is 595. The number of imide groups is 1. The van der Waals surface area contributed by atoms with Crippen LogP contribution >= 0.6 is 0 Å². The Morgan fingerprint density at radius 3 is 2.42 bits per heavy atom. The number of carbonyl (C=O) groups excluding carboxylic acids is 1. The Labute approximate surface area is 142 Å². The van der Waals surface area contributed by atoms with Crippen molar-refractivity contribution in [3.63, 3.8) is 0 Å². The molecule has 1 heterocycles. The molecule has 2 amide bonds. The van der Waals surface area contributed by atoms with E-state index in [1.54, 1.807) is 6.92 Å². The van der Waals surface area contributed by atoms with Crippen LogP contribution in [0.1, 0.15) is 39.7 Å². The standard InChI is InChI=1S/C18H25NO5/c1-13-10-15(24-18(2,3)4)11-19(13,16(20)21)17(22)23-12-14-8-6-5-7-9-14/h5-9,13,15H,10-12H2,1-4H3/p+1/t13-,15-,19+/m1/s1. The minimum Gasteiger partial charge on any atom is -0.435 e. The summed E-state index contributed by atoms with van der Waals surface area (Å²) in [7, 11) is 0. The molecule has 6 nitrogen and oxygen atoms in total. The predicted octanol–water partition coefficient (Wildman–Crippen LogP) is 3.79. The van der Waals surface area contributed by atoms with Crippen LogP contribution in [0.15, 0.2) is 30.3 Å². The van der Waals surface area contributed by atoms with Gasteiger partial charge in [-0.25, -0.2) is 0 Å². The molecule has 0 aromatic heterocycles. The molecule has 0 saturated carbocycles. The molecular formula is C18H26NO5+. The number of hydrogen-bond donors (Lipinski definition) is 1. The van der Waals surface area contributed by atoms with Crippen LogP contribution in [0.25, 0.3) is 0 Å². The minimum atomic E-state index is -1.19. The molecule has 1 aliphatic rings. The zero-order valence-corrected chi connectivity index (χ0v) is 14.7. The molecule has 6 heteroatoms. The first-order chi connectivity index (χ1) is 11.1. The van der Waals surface area contributed by atoms with Gasteiger partial charge >= 0.3 is 12.2 Å². The molecule has 1 aliphatic heterocycles. The van der Waals surface area contributed by atoms with Crippen molar-refractivity contribution in [3.05, 3.63) is 35.9 Å². The molecule has 0 spiro atoms. The summed E-state index contributed by atoms with van der Waals surface area (Å²) in [6.07, 6.45) is -1.72. The van der Waals surface area contributed by atoms with E-state index in [0.717, 1.165) is 5.56 Å². The molecule has 1 fully saturated rings. The number of carboxylic acid groups (broad SMARTS) is 1. The molecule has 0 unspecified atom stereocenters. The van der Waals surface area contributed by atoms with E-state index in [1.807, 2.05) is 51.1 Å². The summed E-state index contributed by atoms with van der Waals surface area (Å²) < 4.78 is 10.5. The fraction of sp³-hybridized carbons (Fsp3) is 0.556. The van der Waals surface area contributed by atoms with Crippen molar-refractivity contribution < 1.29 is 28.7 Å². The van der Waals surface area contributed by atoms with Gasteiger partial charge in [-0.1, -0.05) is 30.3 Å². The smallest absolute Gasteiger partial charge is 0.435 e. The number of quaternary nitrogens is 1. The van der Waals surface area contributed by atoms with Crippen LogP contribution in [0.5, 0.6) is 0 Å². The second-order valence-electron chi connectivity index (χ2n) is 7.31. The van der Waals surface area contributed by atoms with Gasteiger partial charge in [-0.15, -0.1) is 4.48 Å². The van der Waals surface area contributed by atoms with Gasteiger partial charge in [0.15, 0.2) is 0 Å². The first kappa shape index (κ1) is 18.4. The highest BCUT2D eigenvalue weighted by molar-refractivity contribution is 5.75. The maximum absolute atomic E-state index is 12.6. The molecule has 0 aliphatic carbocycles. The summed E-state index contributed by atoms with van der Waals surface area (Å²) in [5.74, 6) is 0. The number of carbonyl (C=O) groups is 2. The summed E-state index contributed by atoms with van der Waals surface area (Å²) in [6, 6.07) is 8.81. The maximum Gasteiger partial charge on any atom is 0.527 e. The van der Waals surface area contributed by atoms with Crippen molar-refractivity contribution in [3.8, 4) is 0 Å². The number of benzene rings is 1. The lowest BCUT2D eigenvalue weighted by atomic mass is 10.1. The third kappa shape index (κ3) is 3.94. The Hall–Kier alpha value is -1.92. The molecule has 1 saturated heterocycles. The average Bonchev–Trinajstić information content (AvgIpc) is 2.81. The highest BCUT2D eigenvalue weighted by atomic mass is 16.6. The lowest BCUT2D eigenvalue weighted by Crippen LogP contribution is -2.59. The van der Waals surface area contributed by atoms with E-state index in [9.17, 15) is 14.7 Å². The highest BCUT2D eigenvalue weighted by Gasteiger charge is 2.59. The Balaban J connectivity index is 2.12. The number of likely N-dealkylation sites (tertiary alicyclic amines) is 1. The Morgan fingerprint density at radius 2 is 1.88 bits per heavy atom. The fourth-order valence-electron chi connectivity index (χ4n) is 3.16. The van der Waals surface area contributed by atoms with Gasteiger partial charge in [-0.2, -0.15) is 9.59 Å². The highest BCUT2D eigenvalue weighted by Crippen LogP contribution is 2.33. The summed E-state index contributed by atoms with van der Waals surface area (Å²) in [5, 5.41) is 9.73. The molecule has 0 bridgehead atoms. The number of rotatable bonds is 3. The molecule has 0 radical (unpaired) electrons.